The van der Waals surface area contributed by atoms with Crippen molar-refractivity contribution in [1.29, 1.82) is 0 Å². The minimum Gasteiger partial charge on any atom is -0.497 e. The van der Waals surface area contributed by atoms with E-state index in [-0.39, 0.29) is 11.7 Å². The van der Waals surface area contributed by atoms with Crippen molar-refractivity contribution in [2.24, 2.45) is 0 Å². The molecule has 8 heteroatoms. The van der Waals surface area contributed by atoms with E-state index in [1.165, 1.54) is 18.3 Å². The Morgan fingerprint density at radius 3 is 2.43 bits per heavy atom. The Balaban J connectivity index is 1.72. The molecule has 0 fully saturated rings. The Bertz CT molecular complexity index is 1200. The summed E-state index contributed by atoms with van der Waals surface area (Å²) in [6.45, 7) is 1.44. The quantitative estimate of drug-likeness (QED) is 0.467. The van der Waals surface area contributed by atoms with Crippen LogP contribution in [0, 0.1) is 0 Å². The maximum atomic E-state index is 13.0. The van der Waals surface area contributed by atoms with Gasteiger partial charge in [-0.05, 0) is 36.4 Å². The van der Waals surface area contributed by atoms with Gasteiger partial charge in [0.2, 0.25) is 0 Å². The summed E-state index contributed by atoms with van der Waals surface area (Å²) in [5.41, 5.74) is 2.86. The standard InChI is InChI=1S/C22H18N4O3S/c1-14(27)19-13-30-22(23-19)24-21(28)18-12-26(16-6-4-3-5-7-16)25-20(18)15-8-10-17(29-2)11-9-15/h3-13H,1-2H3,(H,23,24,28). The molecule has 2 heterocycles. The highest BCUT2D eigenvalue weighted by atomic mass is 32.1. The molecule has 4 rings (SSSR count). The van der Waals surface area contributed by atoms with Crippen LogP contribution < -0.4 is 10.1 Å². The van der Waals surface area contributed by atoms with Crippen LogP contribution in [0.1, 0.15) is 27.8 Å². The lowest BCUT2D eigenvalue weighted by atomic mass is 10.1. The van der Waals surface area contributed by atoms with E-state index in [9.17, 15) is 9.59 Å². The summed E-state index contributed by atoms with van der Waals surface area (Å²) in [5, 5.41) is 9.40. The zero-order valence-corrected chi connectivity index (χ0v) is 17.1. The minimum atomic E-state index is -0.354. The van der Waals surface area contributed by atoms with Crippen LogP contribution in [0.2, 0.25) is 0 Å². The summed E-state index contributed by atoms with van der Waals surface area (Å²) in [4.78, 5) is 28.7. The number of hydrogen-bond acceptors (Lipinski definition) is 6. The number of aromatic nitrogens is 3. The van der Waals surface area contributed by atoms with Gasteiger partial charge in [-0.1, -0.05) is 18.2 Å². The molecule has 1 amide bonds. The number of ketones is 1. The van der Waals surface area contributed by atoms with E-state index in [2.05, 4.69) is 15.4 Å². The average Bonchev–Trinajstić information content (AvgIpc) is 3.42. The van der Waals surface area contributed by atoms with E-state index >= 15 is 0 Å². The van der Waals surface area contributed by atoms with Crippen molar-refractivity contribution in [3.63, 3.8) is 0 Å². The number of thiazole rings is 1. The van der Waals surface area contributed by atoms with E-state index in [4.69, 9.17) is 4.74 Å². The summed E-state index contributed by atoms with van der Waals surface area (Å²) in [7, 11) is 1.60. The van der Waals surface area contributed by atoms with Crippen molar-refractivity contribution in [1.82, 2.24) is 14.8 Å². The number of amides is 1. The average molecular weight is 418 g/mol. The van der Waals surface area contributed by atoms with Crippen LogP contribution in [0.25, 0.3) is 16.9 Å². The fraction of sp³-hybridized carbons (Fsp3) is 0.0909. The van der Waals surface area contributed by atoms with Crippen molar-refractivity contribution in [2.45, 2.75) is 6.92 Å². The third kappa shape index (κ3) is 3.99. The maximum absolute atomic E-state index is 13.0. The van der Waals surface area contributed by atoms with Crippen molar-refractivity contribution in [2.75, 3.05) is 12.4 Å². The molecular weight excluding hydrogens is 400 g/mol. The molecule has 0 spiro atoms. The number of carbonyl (C=O) groups excluding carboxylic acids is 2. The number of benzene rings is 2. The molecule has 0 saturated carbocycles. The zero-order chi connectivity index (χ0) is 21.1. The van der Waals surface area contributed by atoms with Gasteiger partial charge in [0.05, 0.1) is 18.4 Å². The first kappa shape index (κ1) is 19.5. The predicted molar refractivity (Wildman–Crippen MR) is 116 cm³/mol. The molecule has 4 aromatic rings. The van der Waals surface area contributed by atoms with Gasteiger partial charge in [0.1, 0.15) is 17.1 Å². The van der Waals surface area contributed by atoms with Crippen LogP contribution in [-0.2, 0) is 0 Å². The normalized spacial score (nSPS) is 10.6. The second-order valence-corrected chi connectivity index (χ2v) is 7.31. The summed E-state index contributed by atoms with van der Waals surface area (Å²) in [6.07, 6.45) is 1.68. The van der Waals surface area contributed by atoms with Gasteiger partial charge in [-0.2, -0.15) is 5.10 Å². The molecule has 0 radical (unpaired) electrons. The van der Waals surface area contributed by atoms with Crippen molar-refractivity contribution in [3.05, 3.63) is 77.4 Å². The van der Waals surface area contributed by atoms with Crippen LogP contribution in [-0.4, -0.2) is 33.6 Å². The Labute approximate surface area is 177 Å². The fourth-order valence-electron chi connectivity index (χ4n) is 2.87. The smallest absolute Gasteiger partial charge is 0.261 e. The topological polar surface area (TPSA) is 86.1 Å². The first-order valence-electron chi connectivity index (χ1n) is 9.12. The number of Topliss-reactive ketones (excluding diaryl/α,β-unsaturated/α-hetero) is 1. The van der Waals surface area contributed by atoms with E-state index in [0.29, 0.717) is 27.8 Å². The zero-order valence-electron chi connectivity index (χ0n) is 16.3. The fourth-order valence-corrected chi connectivity index (χ4v) is 3.62. The Hall–Kier alpha value is -3.78. The van der Waals surface area contributed by atoms with Crippen LogP contribution in [0.15, 0.2) is 66.2 Å². The van der Waals surface area contributed by atoms with Crippen molar-refractivity contribution < 1.29 is 14.3 Å². The molecule has 0 saturated heterocycles. The summed E-state index contributed by atoms with van der Waals surface area (Å²) < 4.78 is 6.88. The van der Waals surface area contributed by atoms with Gasteiger partial charge in [-0.15, -0.1) is 11.3 Å². The Morgan fingerprint density at radius 2 is 1.80 bits per heavy atom. The molecule has 0 unspecified atom stereocenters. The van der Waals surface area contributed by atoms with Crippen molar-refractivity contribution >= 4 is 28.2 Å². The predicted octanol–water partition coefficient (Wildman–Crippen LogP) is 4.46. The molecule has 0 bridgehead atoms. The number of nitrogens with one attached hydrogen (secondary N) is 1. The van der Waals surface area contributed by atoms with E-state index in [0.717, 1.165) is 11.3 Å². The lowest BCUT2D eigenvalue weighted by molar-refractivity contribution is 0.100. The van der Waals surface area contributed by atoms with E-state index in [1.54, 1.807) is 23.4 Å². The third-order valence-electron chi connectivity index (χ3n) is 4.43. The molecule has 0 atom stereocenters. The monoisotopic (exact) mass is 418 g/mol. The summed E-state index contributed by atoms with van der Waals surface area (Å²) >= 11 is 1.20. The van der Waals surface area contributed by atoms with Crippen molar-refractivity contribution in [3.8, 4) is 22.7 Å². The van der Waals surface area contributed by atoms with Gasteiger partial charge in [-0.3, -0.25) is 14.9 Å². The largest absolute Gasteiger partial charge is 0.497 e. The van der Waals surface area contributed by atoms with Gasteiger partial charge in [0.15, 0.2) is 10.9 Å². The molecule has 30 heavy (non-hydrogen) atoms. The maximum Gasteiger partial charge on any atom is 0.261 e. The second kappa shape index (κ2) is 8.30. The number of para-hydroxylation sites is 1. The lowest BCUT2D eigenvalue weighted by Gasteiger charge is -2.04. The van der Waals surface area contributed by atoms with Gasteiger partial charge in [-0.25, -0.2) is 9.67 Å². The Morgan fingerprint density at radius 1 is 1.07 bits per heavy atom. The first-order chi connectivity index (χ1) is 14.5. The van der Waals surface area contributed by atoms with Crippen LogP contribution in [0.5, 0.6) is 5.75 Å². The van der Waals surface area contributed by atoms with Gasteiger partial charge < -0.3 is 4.74 Å². The molecule has 150 valence electrons. The van der Waals surface area contributed by atoms with Crippen LogP contribution >= 0.6 is 11.3 Å². The number of anilines is 1. The lowest BCUT2D eigenvalue weighted by Crippen LogP contribution is -2.12. The highest BCUT2D eigenvalue weighted by molar-refractivity contribution is 7.14. The Kier molecular flexibility index (Phi) is 5.40. The molecule has 1 N–H and O–H groups in total. The third-order valence-corrected chi connectivity index (χ3v) is 5.19. The highest BCUT2D eigenvalue weighted by Gasteiger charge is 2.20. The number of carbonyl (C=O) groups is 2. The van der Waals surface area contributed by atoms with Crippen LogP contribution in [0.3, 0.4) is 0 Å². The first-order valence-corrected chi connectivity index (χ1v) is 10.0. The second-order valence-electron chi connectivity index (χ2n) is 6.45. The van der Waals surface area contributed by atoms with Crippen LogP contribution in [0.4, 0.5) is 5.13 Å². The molecule has 0 aliphatic heterocycles. The minimum absolute atomic E-state index is 0.150. The molecular formula is C22H18N4O3S. The molecule has 0 aliphatic carbocycles. The number of hydrogen-bond donors (Lipinski definition) is 1. The highest BCUT2D eigenvalue weighted by Crippen LogP contribution is 2.27. The summed E-state index contributed by atoms with van der Waals surface area (Å²) in [6, 6.07) is 16.9. The molecule has 2 aromatic carbocycles. The number of ether oxygens (including phenoxy) is 1. The number of rotatable bonds is 6. The molecule has 0 aliphatic rings. The van der Waals surface area contributed by atoms with E-state index in [1.807, 2.05) is 54.6 Å². The number of methoxy groups -OCH3 is 1. The van der Waals surface area contributed by atoms with Gasteiger partial charge in [0, 0.05) is 24.1 Å². The SMILES string of the molecule is COc1ccc(-c2nn(-c3ccccc3)cc2C(=O)Nc2nc(C(C)=O)cs2)cc1. The molecule has 2 aromatic heterocycles. The molecule has 7 nitrogen and oxygen atoms in total. The van der Waals surface area contributed by atoms with Gasteiger partial charge in [0.25, 0.3) is 5.91 Å². The van der Waals surface area contributed by atoms with E-state index < -0.39 is 0 Å². The summed E-state index contributed by atoms with van der Waals surface area (Å²) in [5.74, 6) is 0.210. The number of nitrogens with zero attached hydrogens (tertiary/aromatic N) is 3. The van der Waals surface area contributed by atoms with Gasteiger partial charge >= 0.3 is 0 Å².